The fourth-order valence-corrected chi connectivity index (χ4v) is 2.00. The minimum Gasteiger partial charge on any atom is -0.392 e. The van der Waals surface area contributed by atoms with E-state index in [0.717, 1.165) is 38.3 Å². The van der Waals surface area contributed by atoms with Crippen molar-refractivity contribution in [2.75, 3.05) is 32.8 Å². The van der Waals surface area contributed by atoms with E-state index in [-0.39, 0.29) is 30.6 Å². The minimum absolute atomic E-state index is 0. The summed E-state index contributed by atoms with van der Waals surface area (Å²) in [4.78, 5) is 6.46. The van der Waals surface area contributed by atoms with Gasteiger partial charge in [0, 0.05) is 19.6 Å². The Morgan fingerprint density at radius 2 is 1.80 bits per heavy atom. The van der Waals surface area contributed by atoms with Gasteiger partial charge in [0.05, 0.1) is 19.8 Å². The van der Waals surface area contributed by atoms with E-state index in [1.54, 1.807) is 0 Å². The first-order chi connectivity index (χ1) is 9.29. The Labute approximate surface area is 136 Å². The SMILES string of the molecule is I.NC(=NCCc1ccc(CO)cc1)N1CCOCC1. The van der Waals surface area contributed by atoms with Crippen molar-refractivity contribution in [2.24, 2.45) is 10.7 Å². The molecule has 1 aliphatic rings. The van der Waals surface area contributed by atoms with Crippen LogP contribution in [-0.4, -0.2) is 48.8 Å². The van der Waals surface area contributed by atoms with Gasteiger partial charge in [-0.15, -0.1) is 24.0 Å². The molecule has 0 aromatic heterocycles. The number of nitrogens with zero attached hydrogens (tertiary/aromatic N) is 2. The van der Waals surface area contributed by atoms with Gasteiger partial charge in [-0.3, -0.25) is 4.99 Å². The van der Waals surface area contributed by atoms with Crippen LogP contribution in [0.4, 0.5) is 0 Å². The van der Waals surface area contributed by atoms with E-state index in [0.29, 0.717) is 12.5 Å². The van der Waals surface area contributed by atoms with Gasteiger partial charge in [-0.2, -0.15) is 0 Å². The first-order valence-electron chi connectivity index (χ1n) is 6.61. The van der Waals surface area contributed by atoms with Gasteiger partial charge in [-0.25, -0.2) is 0 Å². The zero-order chi connectivity index (χ0) is 13.5. The summed E-state index contributed by atoms with van der Waals surface area (Å²) in [5.74, 6) is 0.607. The third kappa shape index (κ3) is 5.26. The molecule has 0 bridgehead atoms. The number of morpholine rings is 1. The van der Waals surface area contributed by atoms with Crippen molar-refractivity contribution in [3.63, 3.8) is 0 Å². The second kappa shape index (κ2) is 9.15. The van der Waals surface area contributed by atoms with Gasteiger partial charge in [0.15, 0.2) is 5.96 Å². The second-order valence-corrected chi connectivity index (χ2v) is 4.56. The monoisotopic (exact) mass is 391 g/mol. The number of guanidine groups is 1. The van der Waals surface area contributed by atoms with E-state index in [9.17, 15) is 0 Å². The van der Waals surface area contributed by atoms with Gasteiger partial charge < -0.3 is 20.5 Å². The quantitative estimate of drug-likeness (QED) is 0.456. The molecule has 0 spiro atoms. The summed E-state index contributed by atoms with van der Waals surface area (Å²) in [6.45, 7) is 3.85. The molecule has 1 fully saturated rings. The topological polar surface area (TPSA) is 71.1 Å². The number of aliphatic imine (C=N–C) groups is 1. The molecule has 0 aliphatic carbocycles. The maximum atomic E-state index is 8.97. The van der Waals surface area contributed by atoms with Crippen LogP contribution >= 0.6 is 24.0 Å². The number of aliphatic hydroxyl groups excluding tert-OH is 1. The van der Waals surface area contributed by atoms with Crippen LogP contribution in [0.2, 0.25) is 0 Å². The molecule has 5 nitrogen and oxygen atoms in total. The van der Waals surface area contributed by atoms with Crippen LogP contribution in [0.15, 0.2) is 29.3 Å². The summed E-state index contributed by atoms with van der Waals surface area (Å²) in [6, 6.07) is 7.91. The van der Waals surface area contributed by atoms with Crippen molar-refractivity contribution in [3.05, 3.63) is 35.4 Å². The number of aliphatic hydroxyl groups is 1. The Kier molecular flexibility index (Phi) is 7.86. The van der Waals surface area contributed by atoms with Gasteiger partial charge >= 0.3 is 0 Å². The van der Waals surface area contributed by atoms with Crippen molar-refractivity contribution in [1.29, 1.82) is 0 Å². The Bertz CT molecular complexity index is 417. The summed E-state index contributed by atoms with van der Waals surface area (Å²) in [6.07, 6.45) is 0.858. The Hall–Kier alpha value is -0.860. The van der Waals surface area contributed by atoms with Crippen LogP contribution in [0.1, 0.15) is 11.1 Å². The molecule has 1 saturated heterocycles. The zero-order valence-corrected chi connectivity index (χ0v) is 13.8. The molecule has 0 saturated carbocycles. The molecule has 3 N–H and O–H groups in total. The highest BCUT2D eigenvalue weighted by molar-refractivity contribution is 14.0. The summed E-state index contributed by atoms with van der Waals surface area (Å²) in [7, 11) is 0. The number of nitrogens with two attached hydrogens (primary N) is 1. The van der Waals surface area contributed by atoms with Gasteiger partial charge in [-0.1, -0.05) is 24.3 Å². The van der Waals surface area contributed by atoms with Crippen molar-refractivity contribution in [2.45, 2.75) is 13.0 Å². The van der Waals surface area contributed by atoms with Crippen LogP contribution in [-0.2, 0) is 17.8 Å². The van der Waals surface area contributed by atoms with E-state index in [2.05, 4.69) is 9.89 Å². The summed E-state index contributed by atoms with van der Waals surface area (Å²) in [5.41, 5.74) is 8.08. The molecular formula is C14H22IN3O2. The predicted molar refractivity (Wildman–Crippen MR) is 90.4 cm³/mol. The molecule has 0 radical (unpaired) electrons. The molecule has 1 aromatic rings. The van der Waals surface area contributed by atoms with Gasteiger partial charge in [0.1, 0.15) is 0 Å². The molecule has 1 aliphatic heterocycles. The molecule has 112 valence electrons. The summed E-state index contributed by atoms with van der Waals surface area (Å²) < 4.78 is 5.27. The lowest BCUT2D eigenvalue weighted by Crippen LogP contribution is -2.44. The lowest BCUT2D eigenvalue weighted by molar-refractivity contribution is 0.0674. The van der Waals surface area contributed by atoms with Crippen molar-refractivity contribution in [3.8, 4) is 0 Å². The largest absolute Gasteiger partial charge is 0.392 e. The van der Waals surface area contributed by atoms with Crippen LogP contribution in [0.25, 0.3) is 0 Å². The van der Waals surface area contributed by atoms with Crippen molar-refractivity contribution >= 4 is 29.9 Å². The molecule has 0 unspecified atom stereocenters. The van der Waals surface area contributed by atoms with E-state index in [4.69, 9.17) is 15.6 Å². The van der Waals surface area contributed by atoms with E-state index in [1.165, 1.54) is 5.56 Å². The maximum absolute atomic E-state index is 8.97. The number of ether oxygens (including phenoxy) is 1. The molecule has 1 aromatic carbocycles. The minimum atomic E-state index is 0. The molecule has 2 rings (SSSR count). The van der Waals surface area contributed by atoms with E-state index >= 15 is 0 Å². The number of halogens is 1. The average Bonchev–Trinajstić information content (AvgIpc) is 2.49. The fraction of sp³-hybridized carbons (Fsp3) is 0.500. The van der Waals surface area contributed by atoms with E-state index < -0.39 is 0 Å². The maximum Gasteiger partial charge on any atom is 0.191 e. The van der Waals surface area contributed by atoms with Crippen molar-refractivity contribution in [1.82, 2.24) is 4.90 Å². The molecule has 20 heavy (non-hydrogen) atoms. The normalized spacial score (nSPS) is 15.8. The predicted octanol–water partition coefficient (Wildman–Crippen LogP) is 0.986. The lowest BCUT2D eigenvalue weighted by Gasteiger charge is -2.27. The third-order valence-corrected chi connectivity index (χ3v) is 3.21. The lowest BCUT2D eigenvalue weighted by atomic mass is 10.1. The Morgan fingerprint density at radius 1 is 1.20 bits per heavy atom. The molecule has 0 amide bonds. The molecule has 6 heteroatoms. The highest BCUT2D eigenvalue weighted by Gasteiger charge is 2.11. The number of rotatable bonds is 4. The number of benzene rings is 1. The average molecular weight is 391 g/mol. The Balaban J connectivity index is 0.00000200. The number of hydrogen-bond donors (Lipinski definition) is 2. The molecular weight excluding hydrogens is 369 g/mol. The zero-order valence-electron chi connectivity index (χ0n) is 11.5. The highest BCUT2D eigenvalue weighted by atomic mass is 127. The second-order valence-electron chi connectivity index (χ2n) is 4.56. The van der Waals surface area contributed by atoms with Crippen LogP contribution in [0.5, 0.6) is 0 Å². The van der Waals surface area contributed by atoms with Gasteiger partial charge in [-0.05, 0) is 17.5 Å². The molecule has 0 atom stereocenters. The smallest absolute Gasteiger partial charge is 0.191 e. The highest BCUT2D eigenvalue weighted by Crippen LogP contribution is 2.05. The number of hydrogen-bond acceptors (Lipinski definition) is 3. The standard InChI is InChI=1S/C14H21N3O2.HI/c15-14(17-7-9-19-10-8-17)16-6-5-12-1-3-13(11-18)4-2-12;/h1-4,18H,5-11H2,(H2,15,16);1H. The molecule has 1 heterocycles. The summed E-state index contributed by atoms with van der Waals surface area (Å²) in [5, 5.41) is 8.97. The first kappa shape index (κ1) is 17.2. The van der Waals surface area contributed by atoms with Crippen LogP contribution in [0.3, 0.4) is 0 Å². The first-order valence-corrected chi connectivity index (χ1v) is 6.61. The van der Waals surface area contributed by atoms with Crippen LogP contribution in [0, 0.1) is 0 Å². The summed E-state index contributed by atoms with van der Waals surface area (Å²) >= 11 is 0. The van der Waals surface area contributed by atoms with Gasteiger partial charge in [0.25, 0.3) is 0 Å². The van der Waals surface area contributed by atoms with Crippen molar-refractivity contribution < 1.29 is 9.84 Å². The van der Waals surface area contributed by atoms with Crippen LogP contribution < -0.4 is 5.73 Å². The fourth-order valence-electron chi connectivity index (χ4n) is 2.00. The third-order valence-electron chi connectivity index (χ3n) is 3.21. The van der Waals surface area contributed by atoms with Gasteiger partial charge in [0.2, 0.25) is 0 Å². The Morgan fingerprint density at radius 3 is 2.40 bits per heavy atom. The van der Waals surface area contributed by atoms with E-state index in [1.807, 2.05) is 24.3 Å².